The summed E-state index contributed by atoms with van der Waals surface area (Å²) in [5.74, 6) is 5.51. The predicted molar refractivity (Wildman–Crippen MR) is 159 cm³/mol. The number of fused-ring (bicyclic) bond motifs is 3. The monoisotopic (exact) mass is 537 g/mol. The molecule has 1 aromatic heterocycles. The molecule has 5 nitrogen and oxygen atoms in total. The number of Topliss-reactive ketones (excluding diaryl/α,β-unsaturated/α-hetero) is 1. The molecule has 5 aliphatic rings. The van der Waals surface area contributed by atoms with Gasteiger partial charge in [-0.05, 0) is 106 Å². The number of imidazole rings is 1. The van der Waals surface area contributed by atoms with Crippen LogP contribution in [0.1, 0.15) is 111 Å². The van der Waals surface area contributed by atoms with E-state index in [2.05, 4.69) is 10.3 Å². The van der Waals surface area contributed by atoms with Crippen LogP contribution >= 0.6 is 0 Å². The van der Waals surface area contributed by atoms with E-state index in [0.29, 0.717) is 12.0 Å². The van der Waals surface area contributed by atoms with Crippen LogP contribution in [0.5, 0.6) is 0 Å². The van der Waals surface area contributed by atoms with Crippen LogP contribution in [0.2, 0.25) is 0 Å². The van der Waals surface area contributed by atoms with Gasteiger partial charge in [-0.3, -0.25) is 9.59 Å². The Morgan fingerprint density at radius 2 is 1.52 bits per heavy atom. The van der Waals surface area contributed by atoms with E-state index < -0.39 is 0 Å². The largest absolute Gasteiger partial charge is 0.349 e. The Morgan fingerprint density at radius 1 is 0.800 bits per heavy atom. The number of benzene rings is 2. The summed E-state index contributed by atoms with van der Waals surface area (Å²) in [5.41, 5.74) is 4.11. The van der Waals surface area contributed by atoms with Crippen LogP contribution in [0.3, 0.4) is 0 Å². The molecule has 1 heterocycles. The molecule has 5 heteroatoms. The first-order chi connectivity index (χ1) is 19.6. The third-order valence-corrected chi connectivity index (χ3v) is 10.8. The zero-order chi connectivity index (χ0) is 27.1. The predicted octanol–water partition coefficient (Wildman–Crippen LogP) is 8.11. The highest BCUT2D eigenvalue weighted by atomic mass is 16.1. The van der Waals surface area contributed by atoms with Crippen molar-refractivity contribution in [1.82, 2.24) is 15.3 Å². The van der Waals surface area contributed by atoms with Gasteiger partial charge in [-0.25, -0.2) is 4.98 Å². The van der Waals surface area contributed by atoms with E-state index in [0.717, 1.165) is 76.8 Å². The van der Waals surface area contributed by atoms with Crippen molar-refractivity contribution in [3.63, 3.8) is 0 Å². The smallest absolute Gasteiger partial charge is 0.251 e. The van der Waals surface area contributed by atoms with Crippen molar-refractivity contribution in [3.05, 3.63) is 53.6 Å². The van der Waals surface area contributed by atoms with E-state index in [9.17, 15) is 9.59 Å². The van der Waals surface area contributed by atoms with Crippen molar-refractivity contribution < 1.29 is 9.59 Å². The molecule has 0 saturated heterocycles. The highest BCUT2D eigenvalue weighted by molar-refractivity contribution is 5.98. The lowest BCUT2D eigenvalue weighted by Crippen LogP contribution is -2.37. The van der Waals surface area contributed by atoms with Crippen LogP contribution in [0.4, 0.5) is 0 Å². The minimum Gasteiger partial charge on any atom is -0.349 e. The van der Waals surface area contributed by atoms with Crippen molar-refractivity contribution in [3.8, 4) is 11.4 Å². The van der Waals surface area contributed by atoms with Gasteiger partial charge in [0.1, 0.15) is 5.82 Å². The molecule has 40 heavy (non-hydrogen) atoms. The van der Waals surface area contributed by atoms with E-state index >= 15 is 0 Å². The van der Waals surface area contributed by atoms with Crippen molar-refractivity contribution in [2.24, 2.45) is 29.6 Å². The number of hydrogen-bond acceptors (Lipinski definition) is 3. The number of carbonyl (C=O) groups is 2. The molecule has 0 spiro atoms. The minimum atomic E-state index is -0.00711. The number of ketones is 1. The quantitative estimate of drug-likeness (QED) is 0.299. The van der Waals surface area contributed by atoms with Crippen LogP contribution < -0.4 is 5.32 Å². The molecular formula is C35H43N3O2. The Hall–Kier alpha value is -2.95. The zero-order valence-electron chi connectivity index (χ0n) is 23.7. The van der Waals surface area contributed by atoms with Crippen molar-refractivity contribution in [2.75, 3.05) is 0 Å². The second-order valence-corrected chi connectivity index (χ2v) is 13.5. The highest BCUT2D eigenvalue weighted by Crippen LogP contribution is 2.52. The molecule has 210 valence electrons. The number of hydrogen-bond donors (Lipinski definition) is 2. The van der Waals surface area contributed by atoms with Crippen molar-refractivity contribution in [1.29, 1.82) is 0 Å². The van der Waals surface area contributed by atoms with E-state index in [4.69, 9.17) is 4.98 Å². The first kappa shape index (κ1) is 26.0. The number of H-pyrrole nitrogens is 1. The molecular weight excluding hydrogens is 494 g/mol. The number of aromatic amines is 1. The molecule has 4 bridgehead atoms. The Labute approximate surface area is 237 Å². The molecule has 2 N–H and O–H groups in total. The molecule has 1 amide bonds. The van der Waals surface area contributed by atoms with Crippen LogP contribution in [0.15, 0.2) is 42.5 Å². The normalized spacial score (nSPS) is 28.4. The van der Waals surface area contributed by atoms with Crippen molar-refractivity contribution >= 4 is 22.7 Å². The summed E-state index contributed by atoms with van der Waals surface area (Å²) in [6.07, 6.45) is 17.5. The van der Waals surface area contributed by atoms with Gasteiger partial charge in [-0.2, -0.15) is 0 Å². The molecule has 5 saturated carbocycles. The topological polar surface area (TPSA) is 74.8 Å². The molecule has 3 unspecified atom stereocenters. The summed E-state index contributed by atoms with van der Waals surface area (Å²) < 4.78 is 0. The molecule has 5 aliphatic carbocycles. The maximum absolute atomic E-state index is 13.2. The number of rotatable bonds is 7. The van der Waals surface area contributed by atoms with E-state index in [1.54, 1.807) is 0 Å². The molecule has 0 radical (unpaired) electrons. The van der Waals surface area contributed by atoms with Gasteiger partial charge in [-0.1, -0.05) is 49.9 Å². The Bertz CT molecular complexity index is 1360. The van der Waals surface area contributed by atoms with Crippen LogP contribution in [0, 0.1) is 29.6 Å². The van der Waals surface area contributed by atoms with Crippen molar-refractivity contribution in [2.45, 2.75) is 95.9 Å². The fraction of sp³-hybridized carbons (Fsp3) is 0.571. The highest BCUT2D eigenvalue weighted by Gasteiger charge is 2.41. The third kappa shape index (κ3) is 5.49. The number of carbonyl (C=O) groups excluding carboxylic acids is 2. The first-order valence-corrected chi connectivity index (χ1v) is 16.0. The van der Waals surface area contributed by atoms with Crippen LogP contribution in [-0.2, 0) is 0 Å². The summed E-state index contributed by atoms with van der Waals surface area (Å²) in [6.45, 7) is 0. The summed E-state index contributed by atoms with van der Waals surface area (Å²) in [4.78, 5) is 34.1. The Kier molecular flexibility index (Phi) is 7.24. The van der Waals surface area contributed by atoms with Crippen LogP contribution in [-0.4, -0.2) is 27.7 Å². The van der Waals surface area contributed by atoms with E-state index in [-0.39, 0.29) is 17.7 Å². The van der Waals surface area contributed by atoms with Gasteiger partial charge < -0.3 is 10.3 Å². The van der Waals surface area contributed by atoms with Gasteiger partial charge in [0.2, 0.25) is 0 Å². The molecule has 0 aliphatic heterocycles. The average molecular weight is 538 g/mol. The van der Waals surface area contributed by atoms with E-state index in [1.807, 2.05) is 42.5 Å². The summed E-state index contributed by atoms with van der Waals surface area (Å²) >= 11 is 0. The lowest BCUT2D eigenvalue weighted by molar-refractivity contribution is 0.0326. The third-order valence-electron chi connectivity index (χ3n) is 10.8. The lowest BCUT2D eigenvalue weighted by atomic mass is 9.58. The number of nitrogens with one attached hydrogen (secondary N) is 2. The van der Waals surface area contributed by atoms with Gasteiger partial charge in [-0.15, -0.1) is 0 Å². The molecule has 2 aromatic carbocycles. The van der Waals surface area contributed by atoms with Gasteiger partial charge in [0.05, 0.1) is 11.0 Å². The molecule has 8 rings (SSSR count). The Morgan fingerprint density at radius 3 is 2.30 bits per heavy atom. The number of aromatic nitrogens is 2. The minimum absolute atomic E-state index is 0.00711. The van der Waals surface area contributed by atoms with Crippen LogP contribution in [0.25, 0.3) is 22.4 Å². The van der Waals surface area contributed by atoms with Gasteiger partial charge in [0.15, 0.2) is 5.78 Å². The lowest BCUT2D eigenvalue weighted by Gasteiger charge is -2.48. The Balaban J connectivity index is 0.982. The molecule has 3 aromatic rings. The zero-order valence-corrected chi connectivity index (χ0v) is 23.7. The standard InChI is InChI=1S/C35H43N3O2/c39-33(15-13-25-7-6-22-16-23-18-24(17-22)20-29(25)19-23)26-8-10-27(11-9-26)34-37-31-14-12-28(21-32(31)38-34)35(40)36-30-4-2-1-3-5-30/h8-12,14,21-25,29-30H,1-7,13,15-20H2,(H,36,40)(H,37,38)/t22?,23-,24+,25?,29?. The number of nitrogens with zero attached hydrogens (tertiary/aromatic N) is 1. The maximum atomic E-state index is 13.2. The SMILES string of the molecule is O=C(CCC1CCC2C[C@@H]3CC1C[C@H](C2)C3)c1ccc(-c2nc3ccc(C(=O)NC4CCCCC4)cc3[nH]2)cc1. The number of amides is 1. The maximum Gasteiger partial charge on any atom is 0.251 e. The van der Waals surface area contributed by atoms with E-state index in [1.165, 1.54) is 64.2 Å². The average Bonchev–Trinajstić information content (AvgIpc) is 3.40. The summed E-state index contributed by atoms with van der Waals surface area (Å²) in [7, 11) is 0. The summed E-state index contributed by atoms with van der Waals surface area (Å²) in [6, 6.07) is 13.9. The first-order valence-electron chi connectivity index (χ1n) is 16.0. The molecule has 5 fully saturated rings. The fourth-order valence-corrected chi connectivity index (χ4v) is 8.80. The second kappa shape index (κ2) is 11.1. The summed E-state index contributed by atoms with van der Waals surface area (Å²) in [5, 5.41) is 3.20. The fourth-order valence-electron chi connectivity index (χ4n) is 8.80. The van der Waals surface area contributed by atoms with Gasteiger partial charge in [0, 0.05) is 29.2 Å². The molecule has 5 atom stereocenters. The van der Waals surface area contributed by atoms with Gasteiger partial charge >= 0.3 is 0 Å². The van der Waals surface area contributed by atoms with Gasteiger partial charge in [0.25, 0.3) is 5.91 Å². The second-order valence-electron chi connectivity index (χ2n) is 13.5.